The van der Waals surface area contributed by atoms with Crippen molar-refractivity contribution in [3.05, 3.63) is 51.0 Å². The standard InChI is InChI=1S/C17H18Cl2N2O4S2/c1-9-6-14(18)11(3)17(16(9)19)27(24,25)21-10(2)7-12-8-13(26(20,22)23)4-5-15(12)21/h4-6,8,10H,7H2,1-3H3,(H2,20,22,23). The zero-order valence-electron chi connectivity index (χ0n) is 14.8. The van der Waals surface area contributed by atoms with Crippen LogP contribution in [0.5, 0.6) is 0 Å². The molecule has 0 bridgehead atoms. The number of sulfonamides is 2. The molecule has 27 heavy (non-hydrogen) atoms. The van der Waals surface area contributed by atoms with E-state index in [1.165, 1.54) is 22.5 Å². The van der Waals surface area contributed by atoms with Crippen molar-refractivity contribution in [2.45, 2.75) is 43.0 Å². The Morgan fingerprint density at radius 2 is 1.74 bits per heavy atom. The van der Waals surface area contributed by atoms with Crippen molar-refractivity contribution in [1.82, 2.24) is 0 Å². The normalized spacial score (nSPS) is 17.3. The molecule has 2 N–H and O–H groups in total. The third kappa shape index (κ3) is 3.34. The summed E-state index contributed by atoms with van der Waals surface area (Å²) in [6, 6.07) is 5.37. The summed E-state index contributed by atoms with van der Waals surface area (Å²) in [5.41, 5.74) is 1.92. The summed E-state index contributed by atoms with van der Waals surface area (Å²) >= 11 is 12.5. The highest BCUT2D eigenvalue weighted by molar-refractivity contribution is 7.93. The van der Waals surface area contributed by atoms with Gasteiger partial charge in [0.1, 0.15) is 4.90 Å². The van der Waals surface area contributed by atoms with Gasteiger partial charge in [-0.1, -0.05) is 23.2 Å². The Kier molecular flexibility index (Phi) is 5.01. The van der Waals surface area contributed by atoms with Gasteiger partial charge in [-0.2, -0.15) is 0 Å². The van der Waals surface area contributed by atoms with Gasteiger partial charge in [0.2, 0.25) is 10.0 Å². The predicted octanol–water partition coefficient (Wildman–Crippen LogP) is 3.40. The molecule has 1 aliphatic heterocycles. The molecule has 146 valence electrons. The number of fused-ring (bicyclic) bond motifs is 1. The van der Waals surface area contributed by atoms with Gasteiger partial charge in [-0.3, -0.25) is 4.31 Å². The average Bonchev–Trinajstić information content (AvgIpc) is 2.87. The van der Waals surface area contributed by atoms with Gasteiger partial charge in [0.05, 0.1) is 15.6 Å². The highest BCUT2D eigenvalue weighted by Gasteiger charge is 2.39. The van der Waals surface area contributed by atoms with Crippen molar-refractivity contribution in [2.75, 3.05) is 4.31 Å². The van der Waals surface area contributed by atoms with Crippen molar-refractivity contribution in [3.63, 3.8) is 0 Å². The Morgan fingerprint density at radius 3 is 2.33 bits per heavy atom. The van der Waals surface area contributed by atoms with Crippen molar-refractivity contribution < 1.29 is 16.8 Å². The Balaban J connectivity index is 2.22. The molecule has 3 rings (SSSR count). The lowest BCUT2D eigenvalue weighted by molar-refractivity contribution is 0.583. The second-order valence-electron chi connectivity index (χ2n) is 6.63. The number of nitrogens with zero attached hydrogens (tertiary/aromatic N) is 1. The van der Waals surface area contributed by atoms with Gasteiger partial charge in [0.25, 0.3) is 10.0 Å². The Morgan fingerprint density at radius 1 is 1.11 bits per heavy atom. The molecule has 1 unspecified atom stereocenters. The molecule has 0 aliphatic carbocycles. The first kappa shape index (κ1) is 20.4. The maximum absolute atomic E-state index is 13.5. The zero-order chi connectivity index (χ0) is 20.3. The van der Waals surface area contributed by atoms with E-state index in [4.69, 9.17) is 28.3 Å². The molecule has 2 aromatic carbocycles. The number of hydrogen-bond donors (Lipinski definition) is 1. The first-order valence-corrected chi connectivity index (χ1v) is 11.7. The molecule has 1 atom stereocenters. The fraction of sp³-hybridized carbons (Fsp3) is 0.294. The van der Waals surface area contributed by atoms with E-state index in [-0.39, 0.29) is 14.8 Å². The van der Waals surface area contributed by atoms with Crippen molar-refractivity contribution >= 4 is 48.9 Å². The van der Waals surface area contributed by atoms with Crippen LogP contribution in [-0.4, -0.2) is 22.9 Å². The fourth-order valence-electron chi connectivity index (χ4n) is 3.34. The SMILES string of the molecule is Cc1cc(Cl)c(C)c(S(=O)(=O)N2c3ccc(S(N)(=O)=O)cc3CC2C)c1Cl. The van der Waals surface area contributed by atoms with Crippen LogP contribution in [0.25, 0.3) is 0 Å². The first-order valence-electron chi connectivity index (χ1n) is 8.01. The molecule has 0 saturated heterocycles. The maximum atomic E-state index is 13.5. The summed E-state index contributed by atoms with van der Waals surface area (Å²) in [4.78, 5) is -0.0927. The minimum atomic E-state index is -4.02. The molecule has 0 aromatic heterocycles. The number of aryl methyl sites for hydroxylation is 1. The highest BCUT2D eigenvalue weighted by Crippen LogP contribution is 2.42. The van der Waals surface area contributed by atoms with E-state index in [1.807, 2.05) is 0 Å². The lowest BCUT2D eigenvalue weighted by atomic mass is 10.1. The number of benzene rings is 2. The van der Waals surface area contributed by atoms with Crippen molar-refractivity contribution in [2.24, 2.45) is 5.14 Å². The van der Waals surface area contributed by atoms with E-state index in [1.54, 1.807) is 26.8 Å². The number of nitrogens with two attached hydrogens (primary N) is 1. The Hall–Kier alpha value is -1.32. The summed E-state index contributed by atoms with van der Waals surface area (Å²) in [6.07, 6.45) is 0.355. The third-order valence-corrected chi connectivity index (χ3v) is 8.64. The molecule has 0 spiro atoms. The van der Waals surface area contributed by atoms with Gasteiger partial charge in [0, 0.05) is 11.1 Å². The molecule has 1 aliphatic rings. The van der Waals surface area contributed by atoms with Crippen LogP contribution in [-0.2, 0) is 26.5 Å². The molecule has 0 fully saturated rings. The summed E-state index contributed by atoms with van der Waals surface area (Å²) < 4.78 is 51.4. The average molecular weight is 449 g/mol. The Labute approximate surface area is 169 Å². The van der Waals surface area contributed by atoms with Crippen LogP contribution < -0.4 is 9.44 Å². The lowest BCUT2D eigenvalue weighted by Crippen LogP contribution is -2.36. The van der Waals surface area contributed by atoms with E-state index in [0.29, 0.717) is 33.8 Å². The molecule has 6 nitrogen and oxygen atoms in total. The highest BCUT2D eigenvalue weighted by atomic mass is 35.5. The topological polar surface area (TPSA) is 97.5 Å². The first-order chi connectivity index (χ1) is 12.4. The van der Waals surface area contributed by atoms with E-state index < -0.39 is 26.1 Å². The predicted molar refractivity (Wildman–Crippen MR) is 107 cm³/mol. The maximum Gasteiger partial charge on any atom is 0.266 e. The van der Waals surface area contributed by atoms with E-state index in [2.05, 4.69) is 0 Å². The molecule has 0 amide bonds. The molecular weight excluding hydrogens is 431 g/mol. The van der Waals surface area contributed by atoms with Crippen LogP contribution in [0.15, 0.2) is 34.1 Å². The minimum absolute atomic E-state index is 0.0376. The quantitative estimate of drug-likeness (QED) is 0.777. The molecular formula is C17H18Cl2N2O4S2. The number of primary sulfonamides is 1. The van der Waals surface area contributed by atoms with Crippen LogP contribution >= 0.6 is 23.2 Å². The molecule has 0 radical (unpaired) electrons. The van der Waals surface area contributed by atoms with Crippen LogP contribution in [0.3, 0.4) is 0 Å². The summed E-state index contributed by atoms with van der Waals surface area (Å²) in [7, 11) is -7.90. The van der Waals surface area contributed by atoms with Gasteiger partial charge in [-0.05, 0) is 68.1 Å². The zero-order valence-corrected chi connectivity index (χ0v) is 18.0. The van der Waals surface area contributed by atoms with Crippen molar-refractivity contribution in [1.29, 1.82) is 0 Å². The minimum Gasteiger partial charge on any atom is -0.263 e. The van der Waals surface area contributed by atoms with E-state index >= 15 is 0 Å². The molecule has 0 saturated carbocycles. The van der Waals surface area contributed by atoms with E-state index in [0.717, 1.165) is 0 Å². The van der Waals surface area contributed by atoms with Crippen LogP contribution in [0.4, 0.5) is 5.69 Å². The summed E-state index contributed by atoms with van der Waals surface area (Å²) in [5, 5.41) is 5.61. The van der Waals surface area contributed by atoms with Crippen LogP contribution in [0, 0.1) is 13.8 Å². The number of halogens is 2. The second-order valence-corrected chi connectivity index (χ2v) is 10.7. The second kappa shape index (κ2) is 6.63. The summed E-state index contributed by atoms with van der Waals surface area (Å²) in [6.45, 7) is 5.04. The van der Waals surface area contributed by atoms with E-state index in [9.17, 15) is 16.8 Å². The molecule has 10 heteroatoms. The monoisotopic (exact) mass is 448 g/mol. The number of anilines is 1. The third-order valence-electron chi connectivity index (χ3n) is 4.64. The number of hydrogen-bond acceptors (Lipinski definition) is 4. The van der Waals surface area contributed by atoms with Gasteiger partial charge in [0.15, 0.2) is 0 Å². The largest absolute Gasteiger partial charge is 0.266 e. The van der Waals surface area contributed by atoms with Crippen molar-refractivity contribution in [3.8, 4) is 0 Å². The fourth-order valence-corrected chi connectivity index (χ4v) is 6.77. The van der Waals surface area contributed by atoms with Gasteiger partial charge in [-0.25, -0.2) is 22.0 Å². The Bertz CT molecular complexity index is 1140. The van der Waals surface area contributed by atoms with Gasteiger partial charge < -0.3 is 0 Å². The molecule has 1 heterocycles. The smallest absolute Gasteiger partial charge is 0.263 e. The number of rotatable bonds is 3. The summed E-state index contributed by atoms with van der Waals surface area (Å²) in [5.74, 6) is 0. The van der Waals surface area contributed by atoms with Gasteiger partial charge in [-0.15, -0.1) is 0 Å². The van der Waals surface area contributed by atoms with Crippen LogP contribution in [0.1, 0.15) is 23.6 Å². The lowest BCUT2D eigenvalue weighted by Gasteiger charge is -2.26. The molecule has 2 aromatic rings. The van der Waals surface area contributed by atoms with Crippen LogP contribution in [0.2, 0.25) is 10.0 Å². The van der Waals surface area contributed by atoms with Gasteiger partial charge >= 0.3 is 0 Å².